The van der Waals surface area contributed by atoms with E-state index in [4.69, 9.17) is 9.47 Å². The summed E-state index contributed by atoms with van der Waals surface area (Å²) in [5.74, 6) is -4.80. The molecule has 0 unspecified atom stereocenters. The first kappa shape index (κ1) is 35.9. The van der Waals surface area contributed by atoms with Gasteiger partial charge in [-0.1, -0.05) is 24.3 Å². The van der Waals surface area contributed by atoms with Crippen molar-refractivity contribution in [3.63, 3.8) is 0 Å². The van der Waals surface area contributed by atoms with Crippen LogP contribution in [0.2, 0.25) is 0 Å². The fraction of sp³-hybridized carbons (Fsp3) is 0. The Balaban J connectivity index is 0.982. The summed E-state index contributed by atoms with van der Waals surface area (Å²) in [6.07, 6.45) is 0. The minimum absolute atomic E-state index is 0.0367. The molecule has 3 aliphatic heterocycles. The number of hydrogen-bond donors (Lipinski definition) is 2. The normalized spacial score (nSPS) is 13.7. The SMILES string of the molecule is O=C(Nc1cccc(Oc2ccc3c(c2)C(=O)OC3=O)c1)c1cc(C(=O)Nc2cccc(Oc3ccc4c(c3)C(=O)OC4=O)c2)cc(N2C(=O)c3ccccc3C2=O)c1. The molecule has 0 spiro atoms. The van der Waals surface area contributed by atoms with E-state index in [1.165, 1.54) is 78.9 Å². The van der Waals surface area contributed by atoms with E-state index >= 15 is 0 Å². The Morgan fingerprint density at radius 1 is 0.424 bits per heavy atom. The zero-order valence-corrected chi connectivity index (χ0v) is 30.0. The molecule has 0 bridgehead atoms. The van der Waals surface area contributed by atoms with Crippen molar-refractivity contribution >= 4 is 64.6 Å². The standard InChI is InChI=1S/C44H23N3O12/c48-37(45-24-5-3-7-27(18-24)56-29-11-13-33-35(20-29)43(54)58-41(33)52)22-15-23(17-26(16-22)47-39(50)31-9-1-2-10-32(31)40(47)51)38(49)46-25-6-4-8-28(19-25)57-30-12-14-34-36(21-30)44(55)59-42(34)53/h1-21H,(H,45,48)(H,46,49). The maximum Gasteiger partial charge on any atom is 0.347 e. The van der Waals surface area contributed by atoms with Gasteiger partial charge in [0.1, 0.15) is 23.0 Å². The first-order valence-electron chi connectivity index (χ1n) is 17.6. The van der Waals surface area contributed by atoms with Gasteiger partial charge in [0.2, 0.25) is 0 Å². The van der Waals surface area contributed by atoms with E-state index in [0.717, 1.165) is 4.90 Å². The average Bonchev–Trinajstić information content (AvgIpc) is 3.78. The molecule has 15 heteroatoms. The molecule has 59 heavy (non-hydrogen) atoms. The Morgan fingerprint density at radius 3 is 1.31 bits per heavy atom. The van der Waals surface area contributed by atoms with E-state index < -0.39 is 47.5 Å². The number of imide groups is 1. The smallest absolute Gasteiger partial charge is 0.347 e. The lowest BCUT2D eigenvalue weighted by molar-refractivity contribution is 0.0425. The second-order valence-corrected chi connectivity index (χ2v) is 13.2. The minimum Gasteiger partial charge on any atom is -0.457 e. The van der Waals surface area contributed by atoms with Gasteiger partial charge < -0.3 is 29.6 Å². The third kappa shape index (κ3) is 6.69. The van der Waals surface area contributed by atoms with Crippen molar-refractivity contribution in [3.05, 3.63) is 172 Å². The van der Waals surface area contributed by atoms with Crippen LogP contribution in [0.1, 0.15) is 82.9 Å². The maximum atomic E-state index is 13.9. The van der Waals surface area contributed by atoms with E-state index in [0.29, 0.717) is 0 Å². The Morgan fingerprint density at radius 2 is 0.847 bits per heavy atom. The summed E-state index contributed by atoms with van der Waals surface area (Å²) < 4.78 is 21.0. The summed E-state index contributed by atoms with van der Waals surface area (Å²) in [5, 5.41) is 5.48. The van der Waals surface area contributed by atoms with Crippen molar-refractivity contribution in [2.45, 2.75) is 0 Å². The first-order valence-corrected chi connectivity index (χ1v) is 17.6. The molecule has 0 fully saturated rings. The van der Waals surface area contributed by atoms with Gasteiger partial charge in [-0.15, -0.1) is 0 Å². The number of ether oxygens (including phenoxy) is 4. The Kier molecular flexibility index (Phi) is 8.59. The summed E-state index contributed by atoms with van der Waals surface area (Å²) in [6, 6.07) is 31.2. The molecular weight excluding hydrogens is 762 g/mol. The second-order valence-electron chi connectivity index (χ2n) is 13.2. The Hall–Kier alpha value is -8.72. The van der Waals surface area contributed by atoms with E-state index in [1.807, 2.05) is 0 Å². The van der Waals surface area contributed by atoms with Crippen LogP contribution in [0.15, 0.2) is 127 Å². The highest BCUT2D eigenvalue weighted by atomic mass is 16.6. The third-order valence-electron chi connectivity index (χ3n) is 9.38. The van der Waals surface area contributed by atoms with Crippen LogP contribution in [-0.4, -0.2) is 47.5 Å². The van der Waals surface area contributed by atoms with Gasteiger partial charge in [-0.25, -0.2) is 24.1 Å². The van der Waals surface area contributed by atoms with Crippen LogP contribution in [0.5, 0.6) is 23.0 Å². The molecule has 6 aromatic rings. The van der Waals surface area contributed by atoms with Gasteiger partial charge in [-0.05, 0) is 91.0 Å². The van der Waals surface area contributed by atoms with Crippen LogP contribution >= 0.6 is 0 Å². The number of fused-ring (bicyclic) bond motifs is 3. The molecule has 0 aliphatic carbocycles. The quantitative estimate of drug-likeness (QED) is 0.0850. The number of esters is 4. The number of benzene rings is 6. The predicted octanol–water partition coefficient (Wildman–Crippen LogP) is 7.20. The molecular formula is C44H23N3O12. The van der Waals surface area contributed by atoms with Crippen LogP contribution in [-0.2, 0) is 9.47 Å². The molecule has 0 saturated carbocycles. The second kappa shape index (κ2) is 14.1. The van der Waals surface area contributed by atoms with Gasteiger partial charge in [0.25, 0.3) is 23.6 Å². The fourth-order valence-electron chi connectivity index (χ4n) is 6.64. The molecule has 3 aliphatic rings. The van der Waals surface area contributed by atoms with Crippen LogP contribution < -0.4 is 25.0 Å². The average molecular weight is 786 g/mol. The zero-order chi connectivity index (χ0) is 40.9. The number of anilines is 3. The van der Waals surface area contributed by atoms with Gasteiger partial charge >= 0.3 is 23.9 Å². The maximum absolute atomic E-state index is 13.9. The molecule has 0 saturated heterocycles. The van der Waals surface area contributed by atoms with Crippen molar-refractivity contribution in [1.29, 1.82) is 0 Å². The van der Waals surface area contributed by atoms with Gasteiger partial charge in [-0.3, -0.25) is 19.2 Å². The fourth-order valence-corrected chi connectivity index (χ4v) is 6.64. The third-order valence-corrected chi connectivity index (χ3v) is 9.38. The topological polar surface area (TPSA) is 201 Å². The molecule has 0 aromatic heterocycles. The van der Waals surface area contributed by atoms with Crippen LogP contribution in [0.4, 0.5) is 17.1 Å². The van der Waals surface area contributed by atoms with Gasteiger partial charge in [-0.2, -0.15) is 0 Å². The summed E-state index contributed by atoms with van der Waals surface area (Å²) >= 11 is 0. The predicted molar refractivity (Wildman–Crippen MR) is 205 cm³/mol. The number of cyclic esters (lactones) is 4. The lowest BCUT2D eigenvalue weighted by atomic mass is 10.1. The van der Waals surface area contributed by atoms with Gasteiger partial charge in [0.05, 0.1) is 39.1 Å². The number of nitrogens with one attached hydrogen (secondary N) is 2. The van der Waals surface area contributed by atoms with Crippen molar-refractivity contribution < 1.29 is 57.3 Å². The molecule has 9 rings (SSSR count). The van der Waals surface area contributed by atoms with Crippen molar-refractivity contribution in [2.75, 3.05) is 15.5 Å². The Labute approximate surface area is 331 Å². The minimum atomic E-state index is -0.794. The van der Waals surface area contributed by atoms with E-state index in [1.54, 1.807) is 48.5 Å². The molecule has 0 atom stereocenters. The number of carbonyl (C=O) groups is 8. The summed E-state index contributed by atoms with van der Waals surface area (Å²) in [5.41, 5.74) is 0.995. The highest BCUT2D eigenvalue weighted by molar-refractivity contribution is 6.34. The molecule has 6 aromatic carbocycles. The van der Waals surface area contributed by atoms with Gasteiger partial charge in [0, 0.05) is 34.6 Å². The van der Waals surface area contributed by atoms with Gasteiger partial charge in [0.15, 0.2) is 0 Å². The lowest BCUT2D eigenvalue weighted by Gasteiger charge is -2.17. The Bertz CT molecular complexity index is 2730. The summed E-state index contributed by atoms with van der Waals surface area (Å²) in [4.78, 5) is 103. The van der Waals surface area contributed by atoms with Crippen LogP contribution in [0.25, 0.3) is 0 Å². The highest BCUT2D eigenvalue weighted by Crippen LogP contribution is 2.33. The van der Waals surface area contributed by atoms with Crippen molar-refractivity contribution in [3.8, 4) is 23.0 Å². The number of hydrogen-bond acceptors (Lipinski definition) is 12. The lowest BCUT2D eigenvalue weighted by Crippen LogP contribution is -2.30. The molecule has 15 nitrogen and oxygen atoms in total. The highest BCUT2D eigenvalue weighted by Gasteiger charge is 2.37. The molecule has 3 heterocycles. The van der Waals surface area contributed by atoms with Crippen molar-refractivity contribution in [2.24, 2.45) is 0 Å². The molecule has 2 N–H and O–H groups in total. The number of carbonyl (C=O) groups excluding carboxylic acids is 8. The van der Waals surface area contributed by atoms with Crippen LogP contribution in [0.3, 0.4) is 0 Å². The number of rotatable bonds is 9. The van der Waals surface area contributed by atoms with E-state index in [-0.39, 0.29) is 84.6 Å². The van der Waals surface area contributed by atoms with Crippen LogP contribution in [0, 0.1) is 0 Å². The number of amides is 4. The van der Waals surface area contributed by atoms with Crippen molar-refractivity contribution in [1.82, 2.24) is 0 Å². The first-order chi connectivity index (χ1) is 28.5. The molecule has 286 valence electrons. The van der Waals surface area contributed by atoms with E-state index in [9.17, 15) is 38.4 Å². The molecule has 4 amide bonds. The summed E-state index contributed by atoms with van der Waals surface area (Å²) in [6.45, 7) is 0. The largest absolute Gasteiger partial charge is 0.457 e. The summed E-state index contributed by atoms with van der Waals surface area (Å²) in [7, 11) is 0. The molecule has 0 radical (unpaired) electrons. The van der Waals surface area contributed by atoms with E-state index in [2.05, 4.69) is 20.1 Å². The zero-order valence-electron chi connectivity index (χ0n) is 30.0. The number of nitrogens with zero attached hydrogens (tertiary/aromatic N) is 1. The monoisotopic (exact) mass is 785 g/mol.